The minimum absolute atomic E-state index is 0.145. The molecule has 0 aromatic heterocycles. The highest BCUT2D eigenvalue weighted by atomic mass is 35.5. The summed E-state index contributed by atoms with van der Waals surface area (Å²) >= 11 is 6.31. The highest BCUT2D eigenvalue weighted by molar-refractivity contribution is 7.92. The minimum atomic E-state index is -3.74. The second-order valence-electron chi connectivity index (χ2n) is 6.90. The molecule has 7 heteroatoms. The van der Waals surface area contributed by atoms with E-state index in [0.717, 1.165) is 17.5 Å². The first-order valence-corrected chi connectivity index (χ1v) is 11.4. The van der Waals surface area contributed by atoms with Crippen molar-refractivity contribution in [2.24, 2.45) is 0 Å². The molecular formula is C23H23ClN2O3S. The molecule has 156 valence electrons. The Morgan fingerprint density at radius 3 is 2.30 bits per heavy atom. The fraction of sp³-hybridized carbons (Fsp3) is 0.174. The molecule has 5 nitrogen and oxygen atoms in total. The SMILES string of the molecule is CC[C@H](NC(=O)c1ccc(NS(=O)(=O)c2ccccc2)cc1Cl)c1ccccc1C. The molecule has 2 N–H and O–H groups in total. The lowest BCUT2D eigenvalue weighted by molar-refractivity contribution is 0.0935. The molecule has 3 aromatic carbocycles. The summed E-state index contributed by atoms with van der Waals surface area (Å²) in [5, 5.41) is 3.18. The van der Waals surface area contributed by atoms with E-state index < -0.39 is 10.0 Å². The number of sulfonamides is 1. The number of rotatable bonds is 7. The van der Waals surface area contributed by atoms with Crippen molar-refractivity contribution in [2.75, 3.05) is 4.72 Å². The van der Waals surface area contributed by atoms with E-state index in [1.807, 2.05) is 38.1 Å². The fourth-order valence-electron chi connectivity index (χ4n) is 3.19. The lowest BCUT2D eigenvalue weighted by atomic mass is 9.99. The summed E-state index contributed by atoms with van der Waals surface area (Å²) in [6.45, 7) is 4.01. The van der Waals surface area contributed by atoms with Crippen molar-refractivity contribution in [1.82, 2.24) is 5.32 Å². The van der Waals surface area contributed by atoms with Crippen LogP contribution in [-0.4, -0.2) is 14.3 Å². The van der Waals surface area contributed by atoms with Crippen LogP contribution in [0.1, 0.15) is 40.9 Å². The largest absolute Gasteiger partial charge is 0.345 e. The van der Waals surface area contributed by atoms with Gasteiger partial charge in [0.25, 0.3) is 15.9 Å². The molecule has 0 fully saturated rings. The maximum atomic E-state index is 12.8. The van der Waals surface area contributed by atoms with Gasteiger partial charge in [-0.3, -0.25) is 9.52 Å². The molecule has 0 aliphatic carbocycles. The lowest BCUT2D eigenvalue weighted by Crippen LogP contribution is -2.28. The topological polar surface area (TPSA) is 75.3 Å². The maximum Gasteiger partial charge on any atom is 0.261 e. The van der Waals surface area contributed by atoms with Gasteiger partial charge in [-0.25, -0.2) is 8.42 Å². The van der Waals surface area contributed by atoms with Crippen LogP contribution in [0.4, 0.5) is 5.69 Å². The van der Waals surface area contributed by atoms with Gasteiger partial charge in [-0.2, -0.15) is 0 Å². The number of halogens is 1. The summed E-state index contributed by atoms with van der Waals surface area (Å²) in [6, 6.07) is 20.3. The van der Waals surface area contributed by atoms with E-state index in [2.05, 4.69) is 10.0 Å². The van der Waals surface area contributed by atoms with Gasteiger partial charge in [0.1, 0.15) is 0 Å². The molecule has 3 rings (SSSR count). The normalized spacial score (nSPS) is 12.2. The van der Waals surface area contributed by atoms with Gasteiger partial charge in [0.2, 0.25) is 0 Å². The summed E-state index contributed by atoms with van der Waals surface area (Å²) in [6.07, 6.45) is 0.725. The Hall–Kier alpha value is -2.83. The van der Waals surface area contributed by atoms with Gasteiger partial charge >= 0.3 is 0 Å². The number of hydrogen-bond donors (Lipinski definition) is 2. The molecule has 0 spiro atoms. The Labute approximate surface area is 182 Å². The third kappa shape index (κ3) is 5.01. The Bertz CT molecular complexity index is 1150. The first-order valence-electron chi connectivity index (χ1n) is 9.55. The highest BCUT2D eigenvalue weighted by Crippen LogP contribution is 2.25. The zero-order chi connectivity index (χ0) is 21.7. The van der Waals surface area contributed by atoms with E-state index in [1.54, 1.807) is 18.2 Å². The van der Waals surface area contributed by atoms with Crippen LogP contribution >= 0.6 is 11.6 Å². The second kappa shape index (κ2) is 9.32. The van der Waals surface area contributed by atoms with Crippen LogP contribution in [0.2, 0.25) is 5.02 Å². The van der Waals surface area contributed by atoms with Crippen LogP contribution in [0.25, 0.3) is 0 Å². The average Bonchev–Trinajstić information content (AvgIpc) is 2.73. The van der Waals surface area contributed by atoms with Crippen molar-refractivity contribution >= 4 is 33.2 Å². The first-order chi connectivity index (χ1) is 14.3. The molecule has 0 aliphatic rings. The number of amides is 1. The molecule has 3 aromatic rings. The number of carbonyl (C=O) groups excluding carboxylic acids is 1. The molecule has 0 bridgehead atoms. The van der Waals surface area contributed by atoms with E-state index in [9.17, 15) is 13.2 Å². The summed E-state index contributed by atoms with van der Waals surface area (Å²) in [7, 11) is -3.74. The number of anilines is 1. The number of nitrogens with one attached hydrogen (secondary N) is 2. The fourth-order valence-corrected chi connectivity index (χ4v) is 4.53. The number of hydrogen-bond acceptors (Lipinski definition) is 3. The van der Waals surface area contributed by atoms with E-state index in [-0.39, 0.29) is 33.1 Å². The van der Waals surface area contributed by atoms with Crippen LogP contribution in [0, 0.1) is 6.92 Å². The highest BCUT2D eigenvalue weighted by Gasteiger charge is 2.19. The third-order valence-corrected chi connectivity index (χ3v) is 6.51. The third-order valence-electron chi connectivity index (χ3n) is 4.80. The van der Waals surface area contributed by atoms with Gasteiger partial charge in [0, 0.05) is 0 Å². The predicted octanol–water partition coefficient (Wildman–Crippen LogP) is 5.33. The average molecular weight is 443 g/mol. The number of aryl methyl sites for hydroxylation is 1. The van der Waals surface area contributed by atoms with Crippen LogP contribution in [0.3, 0.4) is 0 Å². The molecule has 0 unspecified atom stereocenters. The van der Waals surface area contributed by atoms with Crippen LogP contribution < -0.4 is 10.0 Å². The van der Waals surface area contributed by atoms with Crippen LogP contribution in [0.15, 0.2) is 77.7 Å². The molecular weight excluding hydrogens is 420 g/mol. The standard InChI is InChI=1S/C23H23ClN2O3S/c1-3-22(19-12-8-7-9-16(19)2)25-23(27)20-14-13-17(15-21(20)24)26-30(28,29)18-10-5-4-6-11-18/h4-15,22,26H,3H2,1-2H3,(H,25,27)/t22-/m0/s1. The van der Waals surface area contributed by atoms with E-state index in [0.29, 0.717) is 0 Å². The molecule has 0 saturated carbocycles. The molecule has 1 atom stereocenters. The Balaban J connectivity index is 1.78. The van der Waals surface area contributed by atoms with Crippen molar-refractivity contribution in [3.63, 3.8) is 0 Å². The molecule has 0 aliphatic heterocycles. The minimum Gasteiger partial charge on any atom is -0.345 e. The van der Waals surface area contributed by atoms with E-state index >= 15 is 0 Å². The summed E-state index contributed by atoms with van der Waals surface area (Å²) in [5.41, 5.74) is 2.72. The summed E-state index contributed by atoms with van der Waals surface area (Å²) in [4.78, 5) is 12.9. The summed E-state index contributed by atoms with van der Waals surface area (Å²) in [5.74, 6) is -0.312. The smallest absolute Gasteiger partial charge is 0.261 e. The predicted molar refractivity (Wildman–Crippen MR) is 120 cm³/mol. The zero-order valence-corrected chi connectivity index (χ0v) is 18.3. The van der Waals surface area contributed by atoms with Crippen molar-refractivity contribution in [3.8, 4) is 0 Å². The van der Waals surface area contributed by atoms with Crippen molar-refractivity contribution in [3.05, 3.63) is 94.5 Å². The number of benzene rings is 3. The van der Waals surface area contributed by atoms with Crippen LogP contribution in [-0.2, 0) is 10.0 Å². The Morgan fingerprint density at radius 2 is 1.67 bits per heavy atom. The Morgan fingerprint density at radius 1 is 1.00 bits per heavy atom. The first kappa shape index (κ1) is 21.9. The van der Waals surface area contributed by atoms with Crippen molar-refractivity contribution in [2.45, 2.75) is 31.2 Å². The molecule has 0 radical (unpaired) electrons. The van der Waals surface area contributed by atoms with E-state index in [4.69, 9.17) is 11.6 Å². The van der Waals surface area contributed by atoms with Gasteiger partial charge in [-0.05, 0) is 54.8 Å². The monoisotopic (exact) mass is 442 g/mol. The quantitative estimate of drug-likeness (QED) is 0.519. The lowest BCUT2D eigenvalue weighted by Gasteiger charge is -2.20. The molecule has 1 amide bonds. The molecule has 0 heterocycles. The maximum absolute atomic E-state index is 12.8. The van der Waals surface area contributed by atoms with Crippen LogP contribution in [0.5, 0.6) is 0 Å². The van der Waals surface area contributed by atoms with E-state index in [1.165, 1.54) is 30.3 Å². The van der Waals surface area contributed by atoms with Gasteiger partial charge in [0.15, 0.2) is 0 Å². The van der Waals surface area contributed by atoms with Gasteiger partial charge in [-0.1, -0.05) is 61.0 Å². The van der Waals surface area contributed by atoms with Crippen molar-refractivity contribution in [1.29, 1.82) is 0 Å². The summed E-state index contributed by atoms with van der Waals surface area (Å²) < 4.78 is 27.4. The van der Waals surface area contributed by atoms with Gasteiger partial charge in [0.05, 0.1) is 27.2 Å². The molecule has 0 saturated heterocycles. The number of carbonyl (C=O) groups is 1. The second-order valence-corrected chi connectivity index (χ2v) is 8.99. The van der Waals surface area contributed by atoms with Crippen molar-refractivity contribution < 1.29 is 13.2 Å². The zero-order valence-electron chi connectivity index (χ0n) is 16.7. The van der Waals surface area contributed by atoms with Gasteiger partial charge < -0.3 is 5.32 Å². The molecule has 30 heavy (non-hydrogen) atoms. The van der Waals surface area contributed by atoms with Gasteiger partial charge in [-0.15, -0.1) is 0 Å². The Kier molecular flexibility index (Phi) is 6.80.